The molecule has 0 aliphatic heterocycles. The van der Waals surface area contributed by atoms with Crippen molar-refractivity contribution in [2.75, 3.05) is 11.5 Å². The minimum absolute atomic E-state index is 0.162. The predicted octanol–water partition coefficient (Wildman–Crippen LogP) is 1.84. The minimum Gasteiger partial charge on any atom is -0.481 e. The van der Waals surface area contributed by atoms with Crippen LogP contribution in [0.15, 0.2) is 0 Å². The van der Waals surface area contributed by atoms with E-state index in [2.05, 4.69) is 0 Å². The summed E-state index contributed by atoms with van der Waals surface area (Å²) in [4.78, 5) is 20.3. The molecule has 0 amide bonds. The zero-order valence-electron chi connectivity index (χ0n) is 8.07. The van der Waals surface area contributed by atoms with Gasteiger partial charge in [0, 0.05) is 6.42 Å². The highest BCUT2D eigenvalue weighted by Crippen LogP contribution is 2.08. The molecule has 0 atom stereocenters. The molecule has 0 aliphatic carbocycles. The van der Waals surface area contributed by atoms with Crippen molar-refractivity contribution in [1.29, 1.82) is 0 Å². The maximum Gasteiger partial charge on any atom is 0.313 e. The molecule has 4 nitrogen and oxygen atoms in total. The summed E-state index contributed by atoms with van der Waals surface area (Å²) in [6.45, 7) is 0. The predicted molar refractivity (Wildman–Crippen MR) is 55.7 cm³/mol. The normalized spacial score (nSPS) is 10.0. The van der Waals surface area contributed by atoms with Crippen LogP contribution in [-0.2, 0) is 9.59 Å². The lowest BCUT2D eigenvalue weighted by Gasteiger charge is -1.98. The lowest BCUT2D eigenvalue weighted by atomic mass is 10.2. The maximum atomic E-state index is 10.1. The second kappa shape index (κ2) is 8.87. The number of thioether (sulfide) groups is 1. The zero-order chi connectivity index (χ0) is 10.8. The van der Waals surface area contributed by atoms with E-state index in [0.717, 1.165) is 31.4 Å². The summed E-state index contributed by atoms with van der Waals surface area (Å²) in [5, 5.41) is 16.7. The Hall–Kier alpha value is -0.710. The molecular weight excluding hydrogens is 204 g/mol. The van der Waals surface area contributed by atoms with E-state index in [0.29, 0.717) is 0 Å². The molecule has 0 unspecified atom stereocenters. The molecule has 0 fully saturated rings. The Morgan fingerprint density at radius 1 is 0.929 bits per heavy atom. The topological polar surface area (TPSA) is 74.6 Å². The summed E-state index contributed by atoms with van der Waals surface area (Å²) < 4.78 is 0. The van der Waals surface area contributed by atoms with Gasteiger partial charge >= 0.3 is 11.9 Å². The summed E-state index contributed by atoms with van der Waals surface area (Å²) >= 11 is 1.41. The average molecular weight is 220 g/mol. The molecule has 0 aliphatic rings. The van der Waals surface area contributed by atoms with Crippen LogP contribution in [0.2, 0.25) is 0 Å². The van der Waals surface area contributed by atoms with Crippen LogP contribution in [0.5, 0.6) is 0 Å². The number of carboxylic acids is 2. The van der Waals surface area contributed by atoms with E-state index < -0.39 is 11.9 Å². The monoisotopic (exact) mass is 220 g/mol. The van der Waals surface area contributed by atoms with Gasteiger partial charge in [-0.25, -0.2) is 0 Å². The van der Waals surface area contributed by atoms with Gasteiger partial charge in [-0.3, -0.25) is 9.59 Å². The number of hydrogen-bond donors (Lipinski definition) is 2. The second-order valence-corrected chi connectivity index (χ2v) is 4.11. The van der Waals surface area contributed by atoms with Gasteiger partial charge in [-0.05, 0) is 18.6 Å². The number of unbranched alkanes of at least 4 members (excludes halogenated alkanes) is 3. The molecule has 14 heavy (non-hydrogen) atoms. The summed E-state index contributed by atoms with van der Waals surface area (Å²) in [5.41, 5.74) is 0. The molecule has 0 saturated carbocycles. The molecule has 0 rings (SSSR count). The van der Waals surface area contributed by atoms with E-state index in [1.165, 1.54) is 11.8 Å². The first-order chi connectivity index (χ1) is 6.63. The number of carbonyl (C=O) groups is 2. The first-order valence-corrected chi connectivity index (χ1v) is 5.79. The Morgan fingerprint density at radius 2 is 1.57 bits per heavy atom. The molecule has 0 bridgehead atoms. The Bertz CT molecular complexity index is 162. The first kappa shape index (κ1) is 13.3. The molecule has 0 aromatic carbocycles. The molecular formula is C9H16O4S. The van der Waals surface area contributed by atoms with Crippen molar-refractivity contribution in [2.45, 2.75) is 32.1 Å². The highest BCUT2D eigenvalue weighted by Gasteiger charge is 1.98. The highest BCUT2D eigenvalue weighted by molar-refractivity contribution is 7.99. The molecule has 0 saturated heterocycles. The van der Waals surface area contributed by atoms with Crippen LogP contribution in [0, 0.1) is 0 Å². The van der Waals surface area contributed by atoms with Gasteiger partial charge in [0.2, 0.25) is 0 Å². The second-order valence-electron chi connectivity index (χ2n) is 3.00. The van der Waals surface area contributed by atoms with Crippen molar-refractivity contribution in [2.24, 2.45) is 0 Å². The van der Waals surface area contributed by atoms with E-state index in [-0.39, 0.29) is 12.2 Å². The van der Waals surface area contributed by atoms with Crippen LogP contribution in [-0.4, -0.2) is 33.7 Å². The van der Waals surface area contributed by atoms with Crippen LogP contribution >= 0.6 is 11.8 Å². The van der Waals surface area contributed by atoms with Gasteiger partial charge in [0.25, 0.3) is 0 Å². The van der Waals surface area contributed by atoms with Gasteiger partial charge < -0.3 is 10.2 Å². The zero-order valence-corrected chi connectivity index (χ0v) is 8.89. The van der Waals surface area contributed by atoms with Gasteiger partial charge in [-0.15, -0.1) is 0 Å². The van der Waals surface area contributed by atoms with Gasteiger partial charge in [0.05, 0.1) is 5.75 Å². The Labute approximate surface area is 87.7 Å². The summed E-state index contributed by atoms with van der Waals surface area (Å²) in [6, 6.07) is 0. The van der Waals surface area contributed by atoms with Gasteiger partial charge in [-0.1, -0.05) is 12.8 Å². The molecule has 2 N–H and O–H groups in total. The first-order valence-electron chi connectivity index (χ1n) is 4.64. The van der Waals surface area contributed by atoms with Crippen LogP contribution in [0.25, 0.3) is 0 Å². The van der Waals surface area contributed by atoms with Crippen molar-refractivity contribution in [3.8, 4) is 0 Å². The third kappa shape index (κ3) is 11.3. The van der Waals surface area contributed by atoms with Crippen LogP contribution < -0.4 is 0 Å². The van der Waals surface area contributed by atoms with E-state index in [9.17, 15) is 9.59 Å². The largest absolute Gasteiger partial charge is 0.481 e. The van der Waals surface area contributed by atoms with Crippen LogP contribution in [0.1, 0.15) is 32.1 Å². The van der Waals surface area contributed by atoms with E-state index >= 15 is 0 Å². The Balaban J connectivity index is 2.99. The molecule has 5 heteroatoms. The molecule has 0 heterocycles. The van der Waals surface area contributed by atoms with E-state index in [1.54, 1.807) is 0 Å². The standard InChI is InChI=1S/C9H16O4S/c10-8(11)5-3-1-2-4-6-14-7-9(12)13/h1-7H2,(H,10,11)(H,12,13). The number of aliphatic carboxylic acids is 2. The fraction of sp³-hybridized carbons (Fsp3) is 0.778. The fourth-order valence-corrected chi connectivity index (χ4v) is 1.72. The lowest BCUT2D eigenvalue weighted by molar-refractivity contribution is -0.137. The smallest absolute Gasteiger partial charge is 0.313 e. The van der Waals surface area contributed by atoms with Gasteiger partial charge in [-0.2, -0.15) is 11.8 Å². The summed E-state index contributed by atoms with van der Waals surface area (Å²) in [5.74, 6) is -0.514. The lowest BCUT2D eigenvalue weighted by Crippen LogP contribution is -1.98. The van der Waals surface area contributed by atoms with Crippen LogP contribution in [0.4, 0.5) is 0 Å². The number of rotatable bonds is 9. The van der Waals surface area contributed by atoms with Crippen molar-refractivity contribution < 1.29 is 19.8 Å². The third-order valence-electron chi connectivity index (χ3n) is 1.65. The molecule has 0 radical (unpaired) electrons. The summed E-state index contributed by atoms with van der Waals surface area (Å²) in [7, 11) is 0. The van der Waals surface area contributed by atoms with Crippen LogP contribution in [0.3, 0.4) is 0 Å². The average Bonchev–Trinajstić information content (AvgIpc) is 2.08. The molecule has 82 valence electrons. The van der Waals surface area contributed by atoms with Gasteiger partial charge in [0.1, 0.15) is 0 Å². The quantitative estimate of drug-likeness (QED) is 0.580. The van der Waals surface area contributed by atoms with Crippen molar-refractivity contribution in [1.82, 2.24) is 0 Å². The highest BCUT2D eigenvalue weighted by atomic mass is 32.2. The number of carboxylic acid groups (broad SMARTS) is 2. The fourth-order valence-electron chi connectivity index (χ4n) is 0.993. The Morgan fingerprint density at radius 3 is 2.14 bits per heavy atom. The molecule has 0 aromatic heterocycles. The summed E-state index contributed by atoms with van der Waals surface area (Å²) in [6.07, 6.45) is 3.83. The SMILES string of the molecule is O=C(O)CCCCCCSCC(=O)O. The van der Waals surface area contributed by atoms with Gasteiger partial charge in [0.15, 0.2) is 0 Å². The maximum absolute atomic E-state index is 10.1. The third-order valence-corrected chi connectivity index (χ3v) is 2.68. The van der Waals surface area contributed by atoms with Crippen molar-refractivity contribution in [3.63, 3.8) is 0 Å². The number of hydrogen-bond acceptors (Lipinski definition) is 3. The Kier molecular flexibility index (Phi) is 8.42. The molecule has 0 spiro atoms. The van der Waals surface area contributed by atoms with Crippen molar-refractivity contribution in [3.05, 3.63) is 0 Å². The minimum atomic E-state index is -0.777. The molecule has 0 aromatic rings. The van der Waals surface area contributed by atoms with E-state index in [1.807, 2.05) is 0 Å². The van der Waals surface area contributed by atoms with E-state index in [4.69, 9.17) is 10.2 Å². The van der Waals surface area contributed by atoms with Crippen molar-refractivity contribution >= 4 is 23.7 Å².